The van der Waals surface area contributed by atoms with E-state index in [1.54, 1.807) is 30.6 Å². The van der Waals surface area contributed by atoms with Crippen LogP contribution in [0.5, 0.6) is 11.5 Å². The first kappa shape index (κ1) is 17.4. The van der Waals surface area contributed by atoms with Crippen LogP contribution in [0, 0.1) is 0 Å². The van der Waals surface area contributed by atoms with Crippen LogP contribution in [-0.2, 0) is 6.42 Å². The number of amides is 1. The number of carbonyl (C=O) groups excluding carboxylic acids is 1. The second-order valence-corrected chi connectivity index (χ2v) is 6.92. The van der Waals surface area contributed by atoms with Gasteiger partial charge in [0.2, 0.25) is 0 Å². The average molecular weight is 381 g/mol. The number of hydrogen-bond donors (Lipinski definition) is 1. The van der Waals surface area contributed by atoms with Gasteiger partial charge in [-0.25, -0.2) is 4.98 Å². The molecule has 0 saturated carbocycles. The fraction of sp³-hybridized carbons (Fsp3) is 0.200. The summed E-state index contributed by atoms with van der Waals surface area (Å²) >= 11 is 1.39. The molecule has 4 rings (SSSR count). The highest BCUT2D eigenvalue weighted by molar-refractivity contribution is 7.14. The van der Waals surface area contributed by atoms with Crippen LogP contribution in [0.3, 0.4) is 0 Å². The quantitative estimate of drug-likeness (QED) is 0.721. The van der Waals surface area contributed by atoms with Crippen LogP contribution in [0.1, 0.15) is 16.1 Å². The fourth-order valence-corrected chi connectivity index (χ4v) is 3.83. The molecule has 0 atom stereocenters. The van der Waals surface area contributed by atoms with E-state index in [1.165, 1.54) is 16.9 Å². The van der Waals surface area contributed by atoms with Crippen molar-refractivity contribution < 1.29 is 14.3 Å². The molecule has 0 fully saturated rings. The van der Waals surface area contributed by atoms with Crippen molar-refractivity contribution in [3.63, 3.8) is 0 Å². The first-order valence-electron chi connectivity index (χ1n) is 8.54. The molecule has 1 amide bonds. The van der Waals surface area contributed by atoms with Gasteiger partial charge in [-0.2, -0.15) is 0 Å². The largest absolute Gasteiger partial charge is 0.497 e. The van der Waals surface area contributed by atoms with Crippen molar-refractivity contribution >= 4 is 33.8 Å². The number of nitrogens with one attached hydrogen (secondary N) is 1. The number of para-hydroxylation sites is 1. The van der Waals surface area contributed by atoms with Gasteiger partial charge in [-0.3, -0.25) is 4.79 Å². The Morgan fingerprint density at radius 2 is 2.04 bits per heavy atom. The Balaban J connectivity index is 1.54. The monoisotopic (exact) mass is 381 g/mol. The molecule has 3 aromatic rings. The summed E-state index contributed by atoms with van der Waals surface area (Å²) in [6.07, 6.45) is 0.875. The molecule has 0 aliphatic carbocycles. The zero-order chi connectivity index (χ0) is 18.8. The molecule has 0 unspecified atom stereocenters. The maximum atomic E-state index is 12.9. The van der Waals surface area contributed by atoms with Crippen LogP contribution in [0.25, 0.3) is 0 Å². The number of aromatic nitrogens is 1. The van der Waals surface area contributed by atoms with E-state index in [-0.39, 0.29) is 5.91 Å². The lowest BCUT2D eigenvalue weighted by Gasteiger charge is -2.15. The molecule has 0 radical (unpaired) electrons. The predicted molar refractivity (Wildman–Crippen MR) is 107 cm³/mol. The van der Waals surface area contributed by atoms with Gasteiger partial charge in [-0.05, 0) is 30.2 Å². The van der Waals surface area contributed by atoms with E-state index in [4.69, 9.17) is 9.47 Å². The van der Waals surface area contributed by atoms with Gasteiger partial charge < -0.3 is 19.7 Å². The molecule has 138 valence electrons. The number of anilines is 3. The topological polar surface area (TPSA) is 63.7 Å². The molecule has 7 heteroatoms. The Hall–Kier alpha value is -3.06. The minimum Gasteiger partial charge on any atom is -0.497 e. The fourth-order valence-electron chi connectivity index (χ4n) is 3.13. The number of thiazole rings is 1. The zero-order valence-electron chi connectivity index (χ0n) is 15.1. The second kappa shape index (κ2) is 7.28. The molecule has 1 aliphatic heterocycles. The van der Waals surface area contributed by atoms with E-state index in [0.29, 0.717) is 28.9 Å². The van der Waals surface area contributed by atoms with E-state index < -0.39 is 0 Å². The molecule has 0 bridgehead atoms. The third-order valence-corrected chi connectivity index (χ3v) is 5.26. The van der Waals surface area contributed by atoms with Crippen molar-refractivity contribution in [1.82, 2.24) is 4.98 Å². The maximum Gasteiger partial charge on any atom is 0.277 e. The van der Waals surface area contributed by atoms with Gasteiger partial charge in [0.15, 0.2) is 5.13 Å². The van der Waals surface area contributed by atoms with Gasteiger partial charge in [0, 0.05) is 23.7 Å². The highest BCUT2D eigenvalue weighted by Gasteiger charge is 2.26. The molecular formula is C20H19N3O3S. The van der Waals surface area contributed by atoms with E-state index in [2.05, 4.69) is 16.4 Å². The van der Waals surface area contributed by atoms with Crippen molar-refractivity contribution in [2.45, 2.75) is 6.42 Å². The van der Waals surface area contributed by atoms with Gasteiger partial charge in [0.25, 0.3) is 5.91 Å². The van der Waals surface area contributed by atoms with Crippen LogP contribution in [0.15, 0.2) is 47.8 Å². The first-order valence-corrected chi connectivity index (χ1v) is 9.42. The van der Waals surface area contributed by atoms with Gasteiger partial charge in [-0.15, -0.1) is 11.3 Å². The summed E-state index contributed by atoms with van der Waals surface area (Å²) in [5.74, 6) is 1.27. The number of carbonyl (C=O) groups is 1. The van der Waals surface area contributed by atoms with Crippen molar-refractivity contribution in [2.75, 3.05) is 31.0 Å². The number of fused-ring (bicyclic) bond motifs is 1. The molecule has 1 N–H and O–H groups in total. The highest BCUT2D eigenvalue weighted by Crippen LogP contribution is 2.33. The molecule has 6 nitrogen and oxygen atoms in total. The standard InChI is InChI=1S/C20H19N3O3S/c1-25-14-7-8-15(18(11-14)26-2)21-20-22-16(12-27-20)19(24)23-10-9-13-5-3-4-6-17(13)23/h3-8,11-12H,9-10H2,1-2H3,(H,21,22). The lowest BCUT2D eigenvalue weighted by molar-refractivity contribution is 0.0985. The molecular weight excluding hydrogens is 362 g/mol. The van der Waals surface area contributed by atoms with E-state index >= 15 is 0 Å². The maximum absolute atomic E-state index is 12.9. The van der Waals surface area contributed by atoms with Gasteiger partial charge in [0.1, 0.15) is 17.2 Å². The van der Waals surface area contributed by atoms with Crippen LogP contribution in [-0.4, -0.2) is 31.7 Å². The first-order chi connectivity index (χ1) is 13.2. The molecule has 0 saturated heterocycles. The van der Waals surface area contributed by atoms with E-state index in [9.17, 15) is 4.79 Å². The Morgan fingerprint density at radius 1 is 1.19 bits per heavy atom. The van der Waals surface area contributed by atoms with E-state index in [0.717, 1.165) is 17.8 Å². The molecule has 2 aromatic carbocycles. The lowest BCUT2D eigenvalue weighted by Crippen LogP contribution is -2.29. The normalized spacial score (nSPS) is 12.6. The number of benzene rings is 2. The molecule has 1 aromatic heterocycles. The predicted octanol–water partition coefficient (Wildman–Crippen LogP) is 4.11. The minimum atomic E-state index is -0.0778. The van der Waals surface area contributed by atoms with Crippen LogP contribution >= 0.6 is 11.3 Å². The molecule has 27 heavy (non-hydrogen) atoms. The molecule has 1 aliphatic rings. The SMILES string of the molecule is COc1ccc(Nc2nc(C(=O)N3CCc4ccccc43)cs2)c(OC)c1. The minimum absolute atomic E-state index is 0.0778. The summed E-state index contributed by atoms with van der Waals surface area (Å²) in [4.78, 5) is 19.1. The number of ether oxygens (including phenoxy) is 2. The third kappa shape index (κ3) is 3.33. The zero-order valence-corrected chi connectivity index (χ0v) is 15.9. The molecule has 0 spiro atoms. The second-order valence-electron chi connectivity index (χ2n) is 6.06. The Labute approximate surface area is 161 Å². The Morgan fingerprint density at radius 3 is 2.85 bits per heavy atom. The van der Waals surface area contributed by atoms with Crippen molar-refractivity contribution in [2.24, 2.45) is 0 Å². The van der Waals surface area contributed by atoms with Crippen molar-refractivity contribution in [1.29, 1.82) is 0 Å². The third-order valence-electron chi connectivity index (χ3n) is 4.51. The van der Waals surface area contributed by atoms with Crippen LogP contribution in [0.4, 0.5) is 16.5 Å². The number of nitrogens with zero attached hydrogens (tertiary/aromatic N) is 2. The number of methoxy groups -OCH3 is 2. The van der Waals surface area contributed by atoms with Crippen LogP contribution < -0.4 is 19.7 Å². The lowest BCUT2D eigenvalue weighted by atomic mass is 10.2. The van der Waals surface area contributed by atoms with Gasteiger partial charge in [-0.1, -0.05) is 18.2 Å². The number of hydrogen-bond acceptors (Lipinski definition) is 6. The Kier molecular flexibility index (Phi) is 4.68. The van der Waals surface area contributed by atoms with Crippen molar-refractivity contribution in [3.8, 4) is 11.5 Å². The van der Waals surface area contributed by atoms with Gasteiger partial charge >= 0.3 is 0 Å². The summed E-state index contributed by atoms with van der Waals surface area (Å²) in [5.41, 5.74) is 3.37. The average Bonchev–Trinajstić information content (AvgIpc) is 3.35. The summed E-state index contributed by atoms with van der Waals surface area (Å²) in [5, 5.41) is 5.63. The summed E-state index contributed by atoms with van der Waals surface area (Å²) in [6, 6.07) is 13.5. The highest BCUT2D eigenvalue weighted by atomic mass is 32.1. The summed E-state index contributed by atoms with van der Waals surface area (Å²) in [7, 11) is 3.21. The van der Waals surface area contributed by atoms with E-state index in [1.807, 2.05) is 30.3 Å². The van der Waals surface area contributed by atoms with Crippen molar-refractivity contribution in [3.05, 3.63) is 59.1 Å². The summed E-state index contributed by atoms with van der Waals surface area (Å²) < 4.78 is 10.6. The van der Waals surface area contributed by atoms with Gasteiger partial charge in [0.05, 0.1) is 19.9 Å². The van der Waals surface area contributed by atoms with Crippen LogP contribution in [0.2, 0.25) is 0 Å². The smallest absolute Gasteiger partial charge is 0.277 e. The summed E-state index contributed by atoms with van der Waals surface area (Å²) in [6.45, 7) is 0.685. The molecule has 2 heterocycles. The number of rotatable bonds is 5. The Bertz CT molecular complexity index is 986.